The van der Waals surface area contributed by atoms with Gasteiger partial charge in [0.1, 0.15) is 10.6 Å². The number of phenols is 1. The molecule has 0 aromatic heterocycles. The number of likely N-dealkylation sites (N-methyl/N-ethyl adjacent to an activating group) is 1. The lowest BCUT2D eigenvalue weighted by atomic mass is 10.0. The first-order chi connectivity index (χ1) is 15.9. The standard InChI is InChI=1S/C22H27F7N2O3S/c1-20(23,24)4-3-14-11-31(15-5-12-9-21(25,26)10-13(12)6-15)17-7-16(22(27,28)29)18(32)8-19(17)35(33,34)30(14)2/h7-8,12-15,32H,3-6,9-11H2,1-2H3/t12?,13?,14-,15?/m1/s1. The van der Waals surface area contributed by atoms with Crippen LogP contribution in [0, 0.1) is 11.8 Å². The fraction of sp³-hybridized carbons (Fsp3) is 0.727. The third kappa shape index (κ3) is 5.07. The van der Waals surface area contributed by atoms with Gasteiger partial charge >= 0.3 is 6.18 Å². The molecule has 5 nitrogen and oxygen atoms in total. The number of anilines is 1. The Morgan fingerprint density at radius 3 is 2.17 bits per heavy atom. The van der Waals surface area contributed by atoms with Crippen LogP contribution in [0.25, 0.3) is 0 Å². The number of rotatable bonds is 4. The van der Waals surface area contributed by atoms with E-state index in [4.69, 9.17) is 0 Å². The smallest absolute Gasteiger partial charge is 0.420 e. The van der Waals surface area contributed by atoms with Gasteiger partial charge in [-0.3, -0.25) is 0 Å². The van der Waals surface area contributed by atoms with Crippen LogP contribution in [0.5, 0.6) is 5.75 Å². The maximum absolute atomic E-state index is 13.9. The molecule has 4 rings (SSSR count). The lowest BCUT2D eigenvalue weighted by molar-refractivity contribution is -0.138. The van der Waals surface area contributed by atoms with Crippen molar-refractivity contribution in [2.45, 2.75) is 80.4 Å². The molecule has 0 radical (unpaired) electrons. The largest absolute Gasteiger partial charge is 0.507 e. The third-order valence-corrected chi connectivity index (χ3v) is 9.51. The summed E-state index contributed by atoms with van der Waals surface area (Å²) in [5, 5.41) is 10.0. The Balaban J connectivity index is 1.79. The molecule has 2 saturated carbocycles. The highest BCUT2D eigenvalue weighted by Gasteiger charge is 2.53. The second kappa shape index (κ2) is 8.39. The molecule has 2 fully saturated rings. The Bertz CT molecular complexity index is 1070. The summed E-state index contributed by atoms with van der Waals surface area (Å²) in [6.45, 7) is 0.512. The molecule has 2 unspecified atom stereocenters. The normalized spacial score (nSPS) is 30.7. The molecule has 13 heteroatoms. The van der Waals surface area contributed by atoms with Crippen LogP contribution >= 0.6 is 0 Å². The SMILES string of the molecule is CN1[C@H](CCC(C)(F)F)CN(C2CC3CC(F)(F)CC3C2)c2cc(C(F)(F)F)c(O)cc2S1(=O)=O. The minimum atomic E-state index is -4.98. The van der Waals surface area contributed by atoms with Gasteiger partial charge < -0.3 is 10.0 Å². The fourth-order valence-electron chi connectivity index (χ4n) is 5.83. The summed E-state index contributed by atoms with van der Waals surface area (Å²) < 4.78 is 123. The first-order valence-corrected chi connectivity index (χ1v) is 12.8. The number of fused-ring (bicyclic) bond motifs is 2. The van der Waals surface area contributed by atoms with E-state index >= 15 is 0 Å². The molecule has 1 aliphatic heterocycles. The summed E-state index contributed by atoms with van der Waals surface area (Å²) in [6.07, 6.45) is -6.14. The van der Waals surface area contributed by atoms with E-state index in [1.54, 1.807) is 0 Å². The Kier molecular flexibility index (Phi) is 6.31. The molecule has 0 bridgehead atoms. The van der Waals surface area contributed by atoms with E-state index in [1.807, 2.05) is 0 Å². The van der Waals surface area contributed by atoms with Crippen molar-refractivity contribution in [3.8, 4) is 5.75 Å². The molecule has 2 aliphatic carbocycles. The molecule has 1 heterocycles. The average molecular weight is 533 g/mol. The van der Waals surface area contributed by atoms with Gasteiger partial charge in [0.15, 0.2) is 0 Å². The molecular formula is C22H27F7N2O3S. The first-order valence-electron chi connectivity index (χ1n) is 11.3. The minimum Gasteiger partial charge on any atom is -0.507 e. The number of phenolic OH excluding ortho intramolecular Hbond substituents is 1. The fourth-order valence-corrected chi connectivity index (χ4v) is 7.41. The van der Waals surface area contributed by atoms with E-state index in [0.29, 0.717) is 19.1 Å². The molecule has 0 saturated heterocycles. The Hall–Kier alpha value is -1.76. The summed E-state index contributed by atoms with van der Waals surface area (Å²) >= 11 is 0. The van der Waals surface area contributed by atoms with Crippen LogP contribution in [0.4, 0.5) is 36.4 Å². The highest BCUT2D eigenvalue weighted by Crippen LogP contribution is 2.54. The van der Waals surface area contributed by atoms with Crippen molar-refractivity contribution in [1.29, 1.82) is 0 Å². The van der Waals surface area contributed by atoms with E-state index in [2.05, 4.69) is 0 Å². The van der Waals surface area contributed by atoms with Crippen molar-refractivity contribution < 1.29 is 44.3 Å². The number of halogens is 7. The van der Waals surface area contributed by atoms with E-state index in [0.717, 1.165) is 4.31 Å². The number of sulfonamides is 1. The zero-order chi connectivity index (χ0) is 26.1. The number of alkyl halides is 7. The molecule has 1 aromatic rings. The highest BCUT2D eigenvalue weighted by atomic mass is 32.2. The maximum atomic E-state index is 13.9. The van der Waals surface area contributed by atoms with Gasteiger partial charge in [0, 0.05) is 51.0 Å². The van der Waals surface area contributed by atoms with Crippen LogP contribution in [0.2, 0.25) is 0 Å². The topological polar surface area (TPSA) is 60.9 Å². The van der Waals surface area contributed by atoms with Crippen LogP contribution in [-0.4, -0.2) is 55.4 Å². The molecular weight excluding hydrogens is 505 g/mol. The van der Waals surface area contributed by atoms with Gasteiger partial charge in [-0.1, -0.05) is 0 Å². The van der Waals surface area contributed by atoms with Crippen molar-refractivity contribution in [1.82, 2.24) is 4.31 Å². The Labute approximate surface area is 198 Å². The number of hydrogen-bond acceptors (Lipinski definition) is 4. The van der Waals surface area contributed by atoms with Gasteiger partial charge in [-0.05, 0) is 44.1 Å². The lowest BCUT2D eigenvalue weighted by Crippen LogP contribution is -2.45. The molecule has 1 N–H and O–H groups in total. The number of hydrogen-bond donors (Lipinski definition) is 1. The lowest BCUT2D eigenvalue weighted by Gasteiger charge is -2.35. The molecule has 3 atom stereocenters. The van der Waals surface area contributed by atoms with Gasteiger partial charge in [0.25, 0.3) is 0 Å². The highest BCUT2D eigenvalue weighted by molar-refractivity contribution is 7.89. The minimum absolute atomic E-state index is 0.179. The van der Waals surface area contributed by atoms with Crippen molar-refractivity contribution in [2.75, 3.05) is 18.5 Å². The number of benzene rings is 1. The second-order valence-corrected chi connectivity index (χ2v) is 12.1. The second-order valence-electron chi connectivity index (χ2n) is 10.2. The van der Waals surface area contributed by atoms with E-state index in [1.165, 1.54) is 11.9 Å². The van der Waals surface area contributed by atoms with Crippen LogP contribution in [0.3, 0.4) is 0 Å². The van der Waals surface area contributed by atoms with E-state index in [-0.39, 0.29) is 56.2 Å². The van der Waals surface area contributed by atoms with Crippen LogP contribution in [-0.2, 0) is 16.2 Å². The Morgan fingerprint density at radius 1 is 1.09 bits per heavy atom. The van der Waals surface area contributed by atoms with Crippen molar-refractivity contribution in [3.63, 3.8) is 0 Å². The van der Waals surface area contributed by atoms with E-state index < -0.39 is 62.8 Å². The summed E-state index contributed by atoms with van der Waals surface area (Å²) in [7, 11) is -3.29. The summed E-state index contributed by atoms with van der Waals surface area (Å²) in [6, 6.07) is -0.443. The van der Waals surface area contributed by atoms with Crippen LogP contribution < -0.4 is 4.90 Å². The Morgan fingerprint density at radius 2 is 1.66 bits per heavy atom. The van der Waals surface area contributed by atoms with Crippen molar-refractivity contribution >= 4 is 15.7 Å². The molecule has 3 aliphatic rings. The monoisotopic (exact) mass is 532 g/mol. The van der Waals surface area contributed by atoms with Crippen molar-refractivity contribution in [2.24, 2.45) is 11.8 Å². The van der Waals surface area contributed by atoms with Crippen LogP contribution in [0.1, 0.15) is 51.0 Å². The zero-order valence-electron chi connectivity index (χ0n) is 19.1. The van der Waals surface area contributed by atoms with Crippen molar-refractivity contribution in [3.05, 3.63) is 17.7 Å². The maximum Gasteiger partial charge on any atom is 0.420 e. The van der Waals surface area contributed by atoms with Gasteiger partial charge in [0.2, 0.25) is 21.9 Å². The number of nitrogens with zero attached hydrogens (tertiary/aromatic N) is 2. The first kappa shape index (κ1) is 26.3. The third-order valence-electron chi connectivity index (χ3n) is 7.57. The number of aromatic hydroxyl groups is 1. The quantitative estimate of drug-likeness (QED) is 0.522. The zero-order valence-corrected chi connectivity index (χ0v) is 19.9. The molecule has 198 valence electrons. The van der Waals surface area contributed by atoms with Gasteiger partial charge in [-0.15, -0.1) is 0 Å². The molecule has 0 amide bonds. The average Bonchev–Trinajstić information content (AvgIpc) is 3.16. The van der Waals surface area contributed by atoms with Crippen LogP contribution in [0.15, 0.2) is 17.0 Å². The van der Waals surface area contributed by atoms with Gasteiger partial charge in [-0.2, -0.15) is 17.5 Å². The van der Waals surface area contributed by atoms with Gasteiger partial charge in [-0.25, -0.2) is 26.0 Å². The summed E-state index contributed by atoms with van der Waals surface area (Å²) in [4.78, 5) is 0.874. The predicted octanol–water partition coefficient (Wildman–Crippen LogP) is 5.48. The predicted molar refractivity (Wildman–Crippen MR) is 113 cm³/mol. The van der Waals surface area contributed by atoms with Gasteiger partial charge in [0.05, 0.1) is 11.3 Å². The molecule has 1 aromatic carbocycles. The molecule has 0 spiro atoms. The molecule has 35 heavy (non-hydrogen) atoms. The summed E-state index contributed by atoms with van der Waals surface area (Å²) in [5.41, 5.74) is -1.73. The summed E-state index contributed by atoms with van der Waals surface area (Å²) in [5.74, 6) is -7.91. The van der Waals surface area contributed by atoms with E-state index in [9.17, 15) is 44.3 Å².